The topological polar surface area (TPSA) is 8.17 Å². The Kier molecular flexibility index (Phi) is 11.7. The summed E-state index contributed by atoms with van der Waals surface area (Å²) in [4.78, 5) is 2.48. The molecule has 0 N–H and O–H groups in total. The summed E-state index contributed by atoms with van der Waals surface area (Å²) < 4.78 is 2.47. The van der Waals surface area contributed by atoms with Gasteiger partial charge < -0.3 is 9.47 Å². The minimum Gasteiger partial charge on any atom is -0.310 e. The van der Waals surface area contributed by atoms with Gasteiger partial charge in [0.25, 0.3) is 0 Å². The van der Waals surface area contributed by atoms with E-state index < -0.39 is 0 Å². The van der Waals surface area contributed by atoms with Crippen LogP contribution >= 0.6 is 0 Å². The molecular formula is C66H66N2. The molecule has 0 saturated heterocycles. The average Bonchev–Trinajstić information content (AvgIpc) is 3.91. The maximum atomic E-state index is 2.48. The molecule has 1 aromatic heterocycles. The van der Waals surface area contributed by atoms with Gasteiger partial charge in [0.1, 0.15) is 0 Å². The highest BCUT2D eigenvalue weighted by molar-refractivity contribution is 6.10. The van der Waals surface area contributed by atoms with E-state index in [0.29, 0.717) is 0 Å². The summed E-state index contributed by atoms with van der Waals surface area (Å²) in [6, 6.07) is 66.8. The molecule has 2 aliphatic carbocycles. The number of benzene rings is 8. The van der Waals surface area contributed by atoms with Crippen molar-refractivity contribution in [1.29, 1.82) is 0 Å². The Morgan fingerprint density at radius 3 is 1.47 bits per heavy atom. The summed E-state index contributed by atoms with van der Waals surface area (Å²) in [7, 11) is 0. The summed E-state index contributed by atoms with van der Waals surface area (Å²) in [6.45, 7) is 11.8. The molecule has 0 amide bonds. The number of anilines is 3. The van der Waals surface area contributed by atoms with Crippen molar-refractivity contribution in [3.63, 3.8) is 0 Å². The predicted molar refractivity (Wildman–Crippen MR) is 292 cm³/mol. The number of fused-ring (bicyclic) bond motifs is 9. The third kappa shape index (κ3) is 7.76. The van der Waals surface area contributed by atoms with Crippen molar-refractivity contribution in [2.45, 2.75) is 116 Å². The first-order valence-electron chi connectivity index (χ1n) is 25.7. The minimum atomic E-state index is -0.103. The van der Waals surface area contributed by atoms with Crippen molar-refractivity contribution >= 4 is 38.9 Å². The van der Waals surface area contributed by atoms with Crippen molar-refractivity contribution in [2.24, 2.45) is 0 Å². The highest BCUT2D eigenvalue weighted by atomic mass is 15.1. The maximum absolute atomic E-state index is 2.48. The van der Waals surface area contributed by atoms with Crippen LogP contribution in [0.25, 0.3) is 60.9 Å². The smallest absolute Gasteiger partial charge is 0.0547 e. The zero-order valence-electron chi connectivity index (χ0n) is 40.9. The van der Waals surface area contributed by atoms with Crippen LogP contribution in [0.1, 0.15) is 127 Å². The molecule has 8 aromatic carbocycles. The van der Waals surface area contributed by atoms with Gasteiger partial charge >= 0.3 is 0 Å². The van der Waals surface area contributed by atoms with Gasteiger partial charge in [-0.05, 0) is 135 Å². The lowest BCUT2D eigenvalue weighted by Crippen LogP contribution is -2.18. The van der Waals surface area contributed by atoms with E-state index in [4.69, 9.17) is 0 Å². The third-order valence-corrected chi connectivity index (χ3v) is 15.8. The Hall–Kier alpha value is -6.64. The molecule has 0 spiro atoms. The largest absolute Gasteiger partial charge is 0.310 e. The Morgan fingerprint density at radius 1 is 0.382 bits per heavy atom. The van der Waals surface area contributed by atoms with Crippen molar-refractivity contribution in [2.75, 3.05) is 4.90 Å². The molecule has 0 bridgehead atoms. The van der Waals surface area contributed by atoms with Crippen LogP contribution in [0.5, 0.6) is 0 Å². The molecule has 2 heteroatoms. The van der Waals surface area contributed by atoms with Gasteiger partial charge in [-0.3, -0.25) is 0 Å². The molecule has 0 atom stereocenters. The highest BCUT2D eigenvalue weighted by Gasteiger charge is 2.37. The summed E-state index contributed by atoms with van der Waals surface area (Å²) >= 11 is 0. The zero-order valence-corrected chi connectivity index (χ0v) is 40.9. The Balaban J connectivity index is 0.907. The predicted octanol–water partition coefficient (Wildman–Crippen LogP) is 19.0. The average molecular weight is 887 g/mol. The molecular weight excluding hydrogens is 821 g/mol. The van der Waals surface area contributed by atoms with Gasteiger partial charge in [-0.15, -0.1) is 0 Å². The molecule has 0 saturated carbocycles. The van der Waals surface area contributed by atoms with Crippen LogP contribution < -0.4 is 4.90 Å². The molecule has 0 fully saturated rings. The van der Waals surface area contributed by atoms with Crippen molar-refractivity contribution in [3.8, 4) is 39.1 Å². The fraction of sp³-hybridized carbons (Fsp3) is 0.273. The molecule has 2 nitrogen and oxygen atoms in total. The van der Waals surface area contributed by atoms with Gasteiger partial charge in [0.2, 0.25) is 0 Å². The lowest BCUT2D eigenvalue weighted by atomic mass is 9.82. The second-order valence-electron chi connectivity index (χ2n) is 20.9. The second-order valence-corrected chi connectivity index (χ2v) is 20.9. The lowest BCUT2D eigenvalue weighted by Gasteiger charge is -2.30. The molecule has 0 unspecified atom stereocenters. The monoisotopic (exact) mass is 887 g/mol. The van der Waals surface area contributed by atoms with E-state index in [-0.39, 0.29) is 10.8 Å². The normalized spacial score (nSPS) is 14.0. The molecule has 2 aliphatic rings. The first-order chi connectivity index (χ1) is 33.2. The number of para-hydroxylation sites is 1. The van der Waals surface area contributed by atoms with E-state index in [1.54, 1.807) is 0 Å². The number of nitrogens with zero attached hydrogens (tertiary/aromatic N) is 2. The summed E-state index contributed by atoms with van der Waals surface area (Å²) in [5.74, 6) is 0. The van der Waals surface area contributed by atoms with Gasteiger partial charge in [-0.2, -0.15) is 0 Å². The van der Waals surface area contributed by atoms with Crippen LogP contribution in [0, 0.1) is 0 Å². The van der Waals surface area contributed by atoms with Gasteiger partial charge in [0, 0.05) is 44.4 Å². The van der Waals surface area contributed by atoms with E-state index >= 15 is 0 Å². The fourth-order valence-corrected chi connectivity index (χ4v) is 12.0. The maximum Gasteiger partial charge on any atom is 0.0547 e. The number of rotatable bonds is 16. The van der Waals surface area contributed by atoms with Crippen LogP contribution in [0.4, 0.5) is 17.1 Å². The van der Waals surface area contributed by atoms with E-state index in [0.717, 1.165) is 12.1 Å². The Bertz CT molecular complexity index is 3160. The number of aromatic nitrogens is 1. The van der Waals surface area contributed by atoms with E-state index in [1.807, 2.05) is 0 Å². The summed E-state index contributed by atoms with van der Waals surface area (Å²) in [5, 5.41) is 2.57. The fourth-order valence-electron chi connectivity index (χ4n) is 12.0. The molecule has 340 valence electrons. The number of hydrogen-bond donors (Lipinski definition) is 0. The first kappa shape index (κ1) is 43.9. The summed E-state index contributed by atoms with van der Waals surface area (Å²) in [5.41, 5.74) is 21.7. The Labute approximate surface area is 405 Å². The standard InChI is InChI=1S/C66H66N2/c1-6-7-8-9-10-11-12-13-14-15-22-46-29-34-50(35-30-46)68-63-28-21-18-25-57(63)58-40-33-48(43-64(58)68)47-31-36-49(37-32-47)67(51-38-41-55-53-23-16-19-26-59(53)65(2,3)61(55)44-51)52-39-42-56-54-24-17-20-27-60(54)66(4,5)62(56)45-52/h16-21,23-45H,6-15,22H2,1-5H3. The lowest BCUT2D eigenvalue weighted by molar-refractivity contribution is 0.556. The molecule has 0 aliphatic heterocycles. The van der Waals surface area contributed by atoms with E-state index in [9.17, 15) is 0 Å². The van der Waals surface area contributed by atoms with E-state index in [1.165, 1.54) is 164 Å². The Morgan fingerprint density at radius 2 is 0.868 bits per heavy atom. The van der Waals surface area contributed by atoms with Gasteiger partial charge in [-0.1, -0.05) is 208 Å². The zero-order chi connectivity index (χ0) is 46.4. The first-order valence-corrected chi connectivity index (χ1v) is 25.7. The number of unbranched alkanes of at least 4 members (excludes halogenated alkanes) is 9. The van der Waals surface area contributed by atoms with Crippen LogP contribution in [-0.2, 0) is 17.3 Å². The SMILES string of the molecule is CCCCCCCCCCCCc1ccc(-n2c3ccccc3c3ccc(-c4ccc(N(c5ccc6c(c5)C(C)(C)c5ccccc5-6)c5ccc6c(c5)C(C)(C)c5ccccc5-6)cc4)cc32)cc1. The van der Waals surface area contributed by atoms with Gasteiger partial charge in [-0.25, -0.2) is 0 Å². The van der Waals surface area contributed by atoms with Crippen LogP contribution in [-0.4, -0.2) is 4.57 Å². The summed E-state index contributed by atoms with van der Waals surface area (Å²) in [6.07, 6.45) is 14.9. The van der Waals surface area contributed by atoms with Gasteiger partial charge in [0.05, 0.1) is 11.0 Å². The molecule has 9 aromatic rings. The molecule has 11 rings (SSSR count). The van der Waals surface area contributed by atoms with Gasteiger partial charge in [0.15, 0.2) is 0 Å². The molecule has 68 heavy (non-hydrogen) atoms. The molecule has 1 heterocycles. The van der Waals surface area contributed by atoms with Crippen molar-refractivity contribution < 1.29 is 0 Å². The van der Waals surface area contributed by atoms with Crippen LogP contribution in [0.3, 0.4) is 0 Å². The van der Waals surface area contributed by atoms with Crippen LogP contribution in [0.2, 0.25) is 0 Å². The second kappa shape index (κ2) is 18.1. The number of hydrogen-bond acceptors (Lipinski definition) is 1. The van der Waals surface area contributed by atoms with Crippen molar-refractivity contribution in [1.82, 2.24) is 4.57 Å². The molecule has 0 radical (unpaired) electrons. The minimum absolute atomic E-state index is 0.103. The van der Waals surface area contributed by atoms with E-state index in [2.05, 4.69) is 220 Å². The number of aryl methyl sites for hydroxylation is 1. The highest BCUT2D eigenvalue weighted by Crippen LogP contribution is 2.53. The van der Waals surface area contributed by atoms with Crippen molar-refractivity contribution in [3.05, 3.63) is 204 Å². The third-order valence-electron chi connectivity index (χ3n) is 15.8. The van der Waals surface area contributed by atoms with Crippen LogP contribution in [0.15, 0.2) is 176 Å². The quantitative estimate of drug-likeness (QED) is 0.0878.